The van der Waals surface area contributed by atoms with Gasteiger partial charge in [0.05, 0.1) is 19.8 Å². The third kappa shape index (κ3) is 4.12. The van der Waals surface area contributed by atoms with Gasteiger partial charge >= 0.3 is 0 Å². The monoisotopic (exact) mass is 279 g/mol. The Hall–Kier alpha value is -1.26. The van der Waals surface area contributed by atoms with Gasteiger partial charge in [-0.3, -0.25) is 0 Å². The van der Waals surface area contributed by atoms with Crippen molar-refractivity contribution in [3.05, 3.63) is 23.8 Å². The summed E-state index contributed by atoms with van der Waals surface area (Å²) in [5.74, 6) is 1.65. The summed E-state index contributed by atoms with van der Waals surface area (Å²) in [6.07, 6.45) is 3.63. The van der Waals surface area contributed by atoms with Crippen molar-refractivity contribution in [1.29, 1.82) is 0 Å². The molecule has 1 aromatic rings. The van der Waals surface area contributed by atoms with Gasteiger partial charge in [-0.2, -0.15) is 0 Å². The van der Waals surface area contributed by atoms with Crippen LogP contribution in [-0.4, -0.2) is 33.0 Å². The molecule has 0 spiro atoms. The Kier molecular flexibility index (Phi) is 6.15. The molecule has 1 atom stereocenters. The number of methoxy groups -OCH3 is 1. The predicted molar refractivity (Wildman–Crippen MR) is 79.5 cm³/mol. The molecule has 112 valence electrons. The van der Waals surface area contributed by atoms with Gasteiger partial charge in [0.15, 0.2) is 11.5 Å². The first-order valence-electron chi connectivity index (χ1n) is 7.46. The van der Waals surface area contributed by atoms with E-state index < -0.39 is 0 Å². The summed E-state index contributed by atoms with van der Waals surface area (Å²) < 4.78 is 17.0. The minimum Gasteiger partial charge on any atom is -0.493 e. The lowest BCUT2D eigenvalue weighted by Gasteiger charge is -2.16. The van der Waals surface area contributed by atoms with E-state index in [-0.39, 0.29) is 0 Å². The average Bonchev–Trinajstić information content (AvgIpc) is 2.99. The van der Waals surface area contributed by atoms with Crippen molar-refractivity contribution < 1.29 is 14.2 Å². The molecule has 0 amide bonds. The second kappa shape index (κ2) is 8.12. The molecule has 1 N–H and O–H groups in total. The van der Waals surface area contributed by atoms with Gasteiger partial charge in [-0.15, -0.1) is 0 Å². The number of nitrogens with one attached hydrogen (secondary N) is 1. The van der Waals surface area contributed by atoms with Crippen molar-refractivity contribution in [3.63, 3.8) is 0 Å². The highest BCUT2D eigenvalue weighted by Crippen LogP contribution is 2.31. The van der Waals surface area contributed by atoms with Gasteiger partial charge < -0.3 is 19.5 Å². The second-order valence-corrected chi connectivity index (χ2v) is 5.00. The Labute approximate surface area is 121 Å². The molecule has 0 aliphatic carbocycles. The molecule has 0 radical (unpaired) electrons. The molecule has 2 rings (SSSR count). The van der Waals surface area contributed by atoms with Gasteiger partial charge in [-0.1, -0.05) is 19.1 Å². The van der Waals surface area contributed by atoms with Crippen molar-refractivity contribution >= 4 is 0 Å². The van der Waals surface area contributed by atoms with E-state index in [1.807, 2.05) is 12.1 Å². The summed E-state index contributed by atoms with van der Waals surface area (Å²) >= 11 is 0. The van der Waals surface area contributed by atoms with Crippen molar-refractivity contribution in [3.8, 4) is 11.5 Å². The van der Waals surface area contributed by atoms with E-state index in [1.54, 1.807) is 7.11 Å². The lowest BCUT2D eigenvalue weighted by atomic mass is 10.1. The van der Waals surface area contributed by atoms with E-state index >= 15 is 0 Å². The molecular formula is C16H25NO3. The standard InChI is InChI=1S/C16H25NO3/c1-3-17-12-13-6-4-8-15(18-2)16(13)20-11-9-14-7-5-10-19-14/h4,6,8,14,17H,3,5,7,9-12H2,1-2H3. The van der Waals surface area contributed by atoms with Crippen LogP contribution < -0.4 is 14.8 Å². The Bertz CT molecular complexity index is 403. The molecular weight excluding hydrogens is 254 g/mol. The summed E-state index contributed by atoms with van der Waals surface area (Å²) in [6.45, 7) is 5.39. The van der Waals surface area contributed by atoms with Crippen LogP contribution in [-0.2, 0) is 11.3 Å². The van der Waals surface area contributed by atoms with Crippen LogP contribution in [0.15, 0.2) is 18.2 Å². The average molecular weight is 279 g/mol. The highest BCUT2D eigenvalue weighted by Gasteiger charge is 2.16. The summed E-state index contributed by atoms with van der Waals surface area (Å²) in [6, 6.07) is 6.02. The van der Waals surface area contributed by atoms with E-state index in [4.69, 9.17) is 14.2 Å². The highest BCUT2D eigenvalue weighted by molar-refractivity contribution is 5.46. The first kappa shape index (κ1) is 15.1. The topological polar surface area (TPSA) is 39.7 Å². The van der Waals surface area contributed by atoms with Gasteiger partial charge in [-0.05, 0) is 25.5 Å². The number of ether oxygens (including phenoxy) is 3. The number of benzene rings is 1. The van der Waals surface area contributed by atoms with E-state index in [0.717, 1.165) is 49.6 Å². The zero-order chi connectivity index (χ0) is 14.2. The Morgan fingerprint density at radius 3 is 3.00 bits per heavy atom. The third-order valence-electron chi connectivity index (χ3n) is 3.56. The van der Waals surface area contributed by atoms with Crippen LogP contribution in [0.2, 0.25) is 0 Å². The van der Waals surface area contributed by atoms with Gasteiger partial charge in [0.2, 0.25) is 0 Å². The Morgan fingerprint density at radius 1 is 1.40 bits per heavy atom. The number of para-hydroxylation sites is 1. The maximum atomic E-state index is 5.97. The summed E-state index contributed by atoms with van der Waals surface area (Å²) in [5, 5.41) is 3.33. The van der Waals surface area contributed by atoms with Gasteiger partial charge in [0.1, 0.15) is 0 Å². The molecule has 1 saturated heterocycles. The van der Waals surface area contributed by atoms with Crippen LogP contribution in [0.4, 0.5) is 0 Å². The van der Waals surface area contributed by atoms with Crippen LogP contribution in [0.3, 0.4) is 0 Å². The smallest absolute Gasteiger partial charge is 0.165 e. The predicted octanol–water partition coefficient (Wildman–Crippen LogP) is 2.75. The molecule has 1 aliphatic heterocycles. The van der Waals surface area contributed by atoms with Crippen LogP contribution in [0.5, 0.6) is 11.5 Å². The number of hydrogen-bond acceptors (Lipinski definition) is 4. The molecule has 1 unspecified atom stereocenters. The van der Waals surface area contributed by atoms with Crippen molar-refractivity contribution in [2.24, 2.45) is 0 Å². The molecule has 0 aromatic heterocycles. The van der Waals surface area contributed by atoms with Crippen LogP contribution in [0.1, 0.15) is 31.7 Å². The lowest BCUT2D eigenvalue weighted by molar-refractivity contribution is 0.0897. The normalized spacial score (nSPS) is 18.2. The summed E-state index contributed by atoms with van der Waals surface area (Å²) in [5.41, 5.74) is 1.14. The molecule has 1 fully saturated rings. The van der Waals surface area contributed by atoms with Crippen molar-refractivity contribution in [2.45, 2.75) is 38.8 Å². The zero-order valence-corrected chi connectivity index (χ0v) is 12.5. The van der Waals surface area contributed by atoms with E-state index in [2.05, 4.69) is 18.3 Å². The molecule has 0 bridgehead atoms. The van der Waals surface area contributed by atoms with Crippen LogP contribution in [0.25, 0.3) is 0 Å². The number of rotatable bonds is 8. The fourth-order valence-corrected chi connectivity index (χ4v) is 2.45. The molecule has 0 saturated carbocycles. The van der Waals surface area contributed by atoms with Gasteiger partial charge in [0.25, 0.3) is 0 Å². The first-order chi connectivity index (χ1) is 9.85. The van der Waals surface area contributed by atoms with Gasteiger partial charge in [-0.25, -0.2) is 0 Å². The van der Waals surface area contributed by atoms with E-state index in [0.29, 0.717) is 12.7 Å². The fraction of sp³-hybridized carbons (Fsp3) is 0.625. The number of hydrogen-bond donors (Lipinski definition) is 1. The molecule has 4 nitrogen and oxygen atoms in total. The summed E-state index contributed by atoms with van der Waals surface area (Å²) in [7, 11) is 1.68. The quantitative estimate of drug-likeness (QED) is 0.794. The lowest BCUT2D eigenvalue weighted by Crippen LogP contribution is -2.15. The largest absolute Gasteiger partial charge is 0.493 e. The molecule has 20 heavy (non-hydrogen) atoms. The van der Waals surface area contributed by atoms with E-state index in [9.17, 15) is 0 Å². The molecule has 1 aromatic carbocycles. The first-order valence-corrected chi connectivity index (χ1v) is 7.46. The minimum absolute atomic E-state index is 0.363. The Balaban J connectivity index is 1.95. The second-order valence-electron chi connectivity index (χ2n) is 5.00. The molecule has 4 heteroatoms. The molecule has 1 aliphatic rings. The van der Waals surface area contributed by atoms with E-state index in [1.165, 1.54) is 6.42 Å². The highest BCUT2D eigenvalue weighted by atomic mass is 16.5. The fourth-order valence-electron chi connectivity index (χ4n) is 2.45. The minimum atomic E-state index is 0.363. The van der Waals surface area contributed by atoms with Crippen LogP contribution in [0, 0.1) is 0 Å². The summed E-state index contributed by atoms with van der Waals surface area (Å²) in [4.78, 5) is 0. The SMILES string of the molecule is CCNCc1cccc(OC)c1OCCC1CCCO1. The maximum Gasteiger partial charge on any atom is 0.165 e. The van der Waals surface area contributed by atoms with Gasteiger partial charge in [0, 0.05) is 25.1 Å². The zero-order valence-electron chi connectivity index (χ0n) is 12.5. The molecule has 1 heterocycles. The van der Waals surface area contributed by atoms with Crippen molar-refractivity contribution in [1.82, 2.24) is 5.32 Å². The maximum absolute atomic E-state index is 5.97. The van der Waals surface area contributed by atoms with Crippen LogP contribution >= 0.6 is 0 Å². The Morgan fingerprint density at radius 2 is 2.30 bits per heavy atom. The third-order valence-corrected chi connectivity index (χ3v) is 3.56. The van der Waals surface area contributed by atoms with Crippen molar-refractivity contribution in [2.75, 3.05) is 26.9 Å².